The van der Waals surface area contributed by atoms with E-state index in [4.69, 9.17) is 9.47 Å². The summed E-state index contributed by atoms with van der Waals surface area (Å²) >= 11 is 0. The fourth-order valence-electron chi connectivity index (χ4n) is 5.00. The zero-order valence-corrected chi connectivity index (χ0v) is 20.3. The topological polar surface area (TPSA) is 72.9 Å². The minimum atomic E-state index is -3.27. The maximum absolute atomic E-state index is 13.9. The summed E-state index contributed by atoms with van der Waals surface area (Å²) in [5, 5.41) is -0.270. The highest BCUT2D eigenvalue weighted by Gasteiger charge is 2.45. The first kappa shape index (κ1) is 23.3. The van der Waals surface area contributed by atoms with Gasteiger partial charge in [-0.1, -0.05) is 0 Å². The SMILES string of the molecule is CC(C)O[C@@H]1CC2(CCN(C(=O)c3ccc(S(=O)(=O)C4CC4)cc3)CC2)Oc2ccc(F)cc21. The van der Waals surface area contributed by atoms with Gasteiger partial charge in [-0.25, -0.2) is 12.8 Å². The molecule has 2 aliphatic heterocycles. The molecule has 0 bridgehead atoms. The number of hydrogen-bond donors (Lipinski definition) is 0. The molecule has 1 saturated carbocycles. The Morgan fingerprint density at radius 1 is 1.12 bits per heavy atom. The Bertz CT molecular complexity index is 1180. The van der Waals surface area contributed by atoms with Gasteiger partial charge in [0, 0.05) is 43.5 Å². The van der Waals surface area contributed by atoms with Gasteiger partial charge in [-0.15, -0.1) is 0 Å². The van der Waals surface area contributed by atoms with Gasteiger partial charge in [0.1, 0.15) is 17.2 Å². The van der Waals surface area contributed by atoms with Gasteiger partial charge in [-0.05, 0) is 69.2 Å². The molecule has 6 nitrogen and oxygen atoms in total. The van der Waals surface area contributed by atoms with E-state index in [2.05, 4.69) is 0 Å². The summed E-state index contributed by atoms with van der Waals surface area (Å²) in [6.45, 7) is 4.96. The zero-order chi connectivity index (χ0) is 24.1. The van der Waals surface area contributed by atoms with Gasteiger partial charge in [-0.3, -0.25) is 4.79 Å². The minimum absolute atomic E-state index is 0.00960. The van der Waals surface area contributed by atoms with E-state index in [9.17, 15) is 17.6 Å². The summed E-state index contributed by atoms with van der Waals surface area (Å²) in [5.74, 6) is 0.219. The first-order valence-electron chi connectivity index (χ1n) is 11.9. The first-order valence-corrected chi connectivity index (χ1v) is 13.5. The average Bonchev–Trinajstić information content (AvgIpc) is 3.66. The van der Waals surface area contributed by atoms with Gasteiger partial charge in [0.15, 0.2) is 9.84 Å². The van der Waals surface area contributed by atoms with Crippen LogP contribution in [0.5, 0.6) is 5.75 Å². The first-order chi connectivity index (χ1) is 16.2. The van der Waals surface area contributed by atoms with Crippen LogP contribution in [0.15, 0.2) is 47.4 Å². The van der Waals surface area contributed by atoms with Gasteiger partial charge in [0.05, 0.1) is 22.4 Å². The van der Waals surface area contributed by atoms with E-state index >= 15 is 0 Å². The van der Waals surface area contributed by atoms with Crippen LogP contribution < -0.4 is 4.74 Å². The fraction of sp³-hybridized carbons (Fsp3) is 0.500. The van der Waals surface area contributed by atoms with Crippen LogP contribution in [0.4, 0.5) is 4.39 Å². The van der Waals surface area contributed by atoms with Crippen molar-refractivity contribution in [3.8, 4) is 5.75 Å². The maximum Gasteiger partial charge on any atom is 0.253 e. The Kier molecular flexibility index (Phi) is 5.92. The number of carbonyl (C=O) groups excluding carboxylic acids is 1. The molecule has 2 aromatic carbocycles. The van der Waals surface area contributed by atoms with E-state index in [1.807, 2.05) is 13.8 Å². The van der Waals surface area contributed by atoms with E-state index < -0.39 is 15.4 Å². The quantitative estimate of drug-likeness (QED) is 0.612. The number of piperidine rings is 1. The van der Waals surface area contributed by atoms with Crippen molar-refractivity contribution in [3.05, 3.63) is 59.4 Å². The smallest absolute Gasteiger partial charge is 0.253 e. The summed E-state index contributed by atoms with van der Waals surface area (Å²) in [7, 11) is -3.27. The van der Waals surface area contributed by atoms with Crippen molar-refractivity contribution >= 4 is 15.7 Å². The third-order valence-corrected chi connectivity index (χ3v) is 9.27. The molecule has 1 spiro atoms. The molecule has 1 atom stereocenters. The van der Waals surface area contributed by atoms with Crippen molar-refractivity contribution in [3.63, 3.8) is 0 Å². The number of fused-ring (bicyclic) bond motifs is 1. The number of nitrogens with zero attached hydrogens (tertiary/aromatic N) is 1. The number of ether oxygens (including phenoxy) is 2. The highest BCUT2D eigenvalue weighted by molar-refractivity contribution is 7.92. The van der Waals surface area contributed by atoms with Gasteiger partial charge >= 0.3 is 0 Å². The van der Waals surface area contributed by atoms with Crippen molar-refractivity contribution in [2.24, 2.45) is 0 Å². The van der Waals surface area contributed by atoms with Crippen molar-refractivity contribution in [2.75, 3.05) is 13.1 Å². The number of carbonyl (C=O) groups is 1. The highest BCUT2D eigenvalue weighted by atomic mass is 32.2. The third kappa shape index (κ3) is 4.45. The van der Waals surface area contributed by atoms with Crippen molar-refractivity contribution in [1.82, 2.24) is 4.90 Å². The van der Waals surface area contributed by atoms with Gasteiger partial charge in [-0.2, -0.15) is 0 Å². The number of rotatable bonds is 5. The molecule has 0 aromatic heterocycles. The lowest BCUT2D eigenvalue weighted by molar-refractivity contribution is -0.0873. The molecule has 1 amide bonds. The summed E-state index contributed by atoms with van der Waals surface area (Å²) in [4.78, 5) is 15.2. The Balaban J connectivity index is 1.28. The predicted molar refractivity (Wildman–Crippen MR) is 125 cm³/mol. The largest absolute Gasteiger partial charge is 0.487 e. The van der Waals surface area contributed by atoms with Crippen molar-refractivity contribution < 1.29 is 27.1 Å². The van der Waals surface area contributed by atoms with E-state index in [0.717, 1.165) is 5.56 Å². The molecule has 8 heteroatoms. The van der Waals surface area contributed by atoms with Gasteiger partial charge in [0.25, 0.3) is 5.91 Å². The lowest BCUT2D eigenvalue weighted by atomic mass is 9.81. The lowest BCUT2D eigenvalue weighted by Gasteiger charge is -2.47. The van der Waals surface area contributed by atoms with Gasteiger partial charge < -0.3 is 14.4 Å². The van der Waals surface area contributed by atoms with E-state index in [-0.39, 0.29) is 34.1 Å². The van der Waals surface area contributed by atoms with Crippen molar-refractivity contribution in [2.45, 2.75) is 73.9 Å². The molecule has 1 saturated heterocycles. The average molecular weight is 488 g/mol. The van der Waals surface area contributed by atoms with Crippen LogP contribution in [0.3, 0.4) is 0 Å². The van der Waals surface area contributed by atoms with Crippen LogP contribution >= 0.6 is 0 Å². The number of halogens is 1. The second-order valence-corrected chi connectivity index (χ2v) is 12.1. The van der Waals surface area contributed by atoms with E-state index in [1.165, 1.54) is 12.1 Å². The molecule has 2 heterocycles. The lowest BCUT2D eigenvalue weighted by Crippen LogP contribution is -2.52. The molecule has 5 rings (SSSR count). The fourth-order valence-corrected chi connectivity index (χ4v) is 6.66. The Morgan fingerprint density at radius 2 is 1.79 bits per heavy atom. The van der Waals surface area contributed by atoms with Crippen LogP contribution in [-0.4, -0.2) is 49.3 Å². The van der Waals surface area contributed by atoms with E-state index in [1.54, 1.807) is 35.2 Å². The number of hydrogen-bond acceptors (Lipinski definition) is 5. The second kappa shape index (κ2) is 8.64. The van der Waals surface area contributed by atoms with Crippen LogP contribution in [0.25, 0.3) is 0 Å². The maximum atomic E-state index is 13.9. The van der Waals surface area contributed by atoms with Crippen molar-refractivity contribution in [1.29, 1.82) is 0 Å². The number of sulfone groups is 1. The number of likely N-dealkylation sites (tertiary alicyclic amines) is 1. The summed E-state index contributed by atoms with van der Waals surface area (Å²) < 4.78 is 51.2. The highest BCUT2D eigenvalue weighted by Crippen LogP contribution is 2.46. The Hall–Kier alpha value is -2.45. The molecule has 0 unspecified atom stereocenters. The third-order valence-electron chi connectivity index (χ3n) is 6.99. The van der Waals surface area contributed by atoms with Gasteiger partial charge in [0.2, 0.25) is 0 Å². The molecular weight excluding hydrogens is 457 g/mol. The second-order valence-electron chi connectivity index (χ2n) is 9.91. The van der Waals surface area contributed by atoms with E-state index in [0.29, 0.717) is 56.5 Å². The molecule has 34 heavy (non-hydrogen) atoms. The van der Waals surface area contributed by atoms with Crippen LogP contribution in [0.2, 0.25) is 0 Å². The standard InChI is InChI=1S/C26H30FNO5S/c1-17(2)32-24-16-26(33-23-10-5-19(27)15-22(23)24)11-13-28(14-12-26)25(29)18-3-6-20(7-4-18)34(30,31)21-8-9-21/h3-7,10,15,17,21,24H,8-9,11-14,16H2,1-2H3/t24-/m1/s1. The molecule has 2 aromatic rings. The minimum Gasteiger partial charge on any atom is -0.487 e. The summed E-state index contributed by atoms with van der Waals surface area (Å²) in [6, 6.07) is 10.8. The zero-order valence-electron chi connectivity index (χ0n) is 19.5. The Labute approximate surface area is 200 Å². The van der Waals surface area contributed by atoms with Crippen LogP contribution in [-0.2, 0) is 14.6 Å². The number of benzene rings is 2. The molecule has 0 N–H and O–H groups in total. The normalized spacial score (nSPS) is 21.9. The monoisotopic (exact) mass is 487 g/mol. The molecule has 2 fully saturated rings. The van der Waals surface area contributed by atoms with Crippen LogP contribution in [0.1, 0.15) is 68.0 Å². The molecule has 3 aliphatic rings. The predicted octanol–water partition coefficient (Wildman–Crippen LogP) is 4.69. The molecule has 182 valence electrons. The van der Waals surface area contributed by atoms with Crippen LogP contribution in [0, 0.1) is 5.82 Å². The summed E-state index contributed by atoms with van der Waals surface area (Å²) in [6.07, 6.45) is 3.04. The molecular formula is C26H30FNO5S. The molecule has 0 radical (unpaired) electrons. The Morgan fingerprint density at radius 3 is 2.41 bits per heavy atom. The number of amides is 1. The molecule has 1 aliphatic carbocycles. The summed E-state index contributed by atoms with van der Waals surface area (Å²) in [5.41, 5.74) is 0.750.